The van der Waals surface area contributed by atoms with Crippen LogP contribution in [-0.2, 0) is 9.22 Å². The molecule has 1 amide bonds. The van der Waals surface area contributed by atoms with Crippen molar-refractivity contribution in [3.8, 4) is 0 Å². The van der Waals surface area contributed by atoms with Crippen LogP contribution in [0, 0.1) is 5.92 Å². The van der Waals surface area contributed by atoms with Gasteiger partial charge in [-0.25, -0.2) is 4.79 Å². The average Bonchev–Trinajstić information content (AvgIpc) is 2.94. The number of thiophene rings is 1. The van der Waals surface area contributed by atoms with Gasteiger partial charge in [-0.2, -0.15) is 0 Å². The van der Waals surface area contributed by atoms with Crippen molar-refractivity contribution in [2.24, 2.45) is 5.92 Å². The quantitative estimate of drug-likeness (QED) is 0.417. The third-order valence-corrected chi connectivity index (χ3v) is 10.9. The molecule has 1 aliphatic rings. The summed E-state index contributed by atoms with van der Waals surface area (Å²) >= 11 is 1.12. The van der Waals surface area contributed by atoms with Gasteiger partial charge in [-0.1, -0.05) is 20.8 Å². The standard InChI is InChI=1S/C18H27NO5SSi/c1-10(24-26(5,6)18(2,3)4)15-12(19-16(15)21)8-13(20)14-7-11(9-25-14)17(22)23/h7,9-10,12,15H,8H2,1-6H3,(H,19,21)(H,22,23)/t10-,12-,15-/m1/s1. The Kier molecular flexibility index (Phi) is 5.79. The van der Waals surface area contributed by atoms with Crippen LogP contribution in [0.4, 0.5) is 0 Å². The lowest BCUT2D eigenvalue weighted by Gasteiger charge is -2.45. The van der Waals surface area contributed by atoms with Crippen molar-refractivity contribution in [2.45, 2.75) is 64.4 Å². The van der Waals surface area contributed by atoms with Crippen LogP contribution in [0.2, 0.25) is 18.1 Å². The molecule has 2 heterocycles. The SMILES string of the molecule is C[C@@H](O[Si](C)(C)C(C)(C)C)[C@H]1C(=O)N[C@@H]1CC(=O)c1cc(C(=O)O)cs1. The van der Waals surface area contributed by atoms with E-state index in [-0.39, 0.29) is 46.8 Å². The van der Waals surface area contributed by atoms with Crippen LogP contribution in [-0.4, -0.2) is 43.2 Å². The van der Waals surface area contributed by atoms with Crippen molar-refractivity contribution in [3.05, 3.63) is 21.9 Å². The number of nitrogens with one attached hydrogen (secondary N) is 1. The van der Waals surface area contributed by atoms with Crippen LogP contribution < -0.4 is 5.32 Å². The molecule has 1 aliphatic heterocycles. The largest absolute Gasteiger partial charge is 0.478 e. The second-order valence-corrected chi connectivity index (χ2v) is 14.0. The Morgan fingerprint density at radius 1 is 1.38 bits per heavy atom. The molecule has 0 aliphatic carbocycles. The van der Waals surface area contributed by atoms with Gasteiger partial charge in [0.2, 0.25) is 5.91 Å². The molecule has 26 heavy (non-hydrogen) atoms. The lowest BCUT2D eigenvalue weighted by molar-refractivity contribution is -0.139. The van der Waals surface area contributed by atoms with E-state index < -0.39 is 14.3 Å². The molecule has 0 saturated carbocycles. The highest BCUT2D eigenvalue weighted by Gasteiger charge is 2.47. The van der Waals surface area contributed by atoms with Gasteiger partial charge in [-0.15, -0.1) is 11.3 Å². The summed E-state index contributed by atoms with van der Waals surface area (Å²) in [5.41, 5.74) is 0.113. The van der Waals surface area contributed by atoms with Crippen LogP contribution >= 0.6 is 11.3 Å². The first kappa shape index (κ1) is 20.8. The zero-order valence-electron chi connectivity index (χ0n) is 16.1. The van der Waals surface area contributed by atoms with Crippen molar-refractivity contribution in [2.75, 3.05) is 0 Å². The van der Waals surface area contributed by atoms with E-state index in [4.69, 9.17) is 9.53 Å². The average molecular weight is 398 g/mol. The maximum Gasteiger partial charge on any atom is 0.336 e. The molecule has 3 atom stereocenters. The van der Waals surface area contributed by atoms with Crippen LogP contribution in [0.5, 0.6) is 0 Å². The van der Waals surface area contributed by atoms with Gasteiger partial charge in [0.1, 0.15) is 0 Å². The van der Waals surface area contributed by atoms with Crippen molar-refractivity contribution in [3.63, 3.8) is 0 Å². The number of hydrogen-bond acceptors (Lipinski definition) is 5. The summed E-state index contributed by atoms with van der Waals surface area (Å²) in [5, 5.41) is 13.3. The van der Waals surface area contributed by atoms with Crippen LogP contribution in [0.25, 0.3) is 0 Å². The highest BCUT2D eigenvalue weighted by atomic mass is 32.1. The Morgan fingerprint density at radius 2 is 2.00 bits per heavy atom. The fraction of sp³-hybridized carbons (Fsp3) is 0.611. The van der Waals surface area contributed by atoms with Crippen molar-refractivity contribution >= 4 is 37.3 Å². The smallest absolute Gasteiger partial charge is 0.336 e. The van der Waals surface area contributed by atoms with Crippen molar-refractivity contribution in [1.29, 1.82) is 0 Å². The second-order valence-electron chi connectivity index (χ2n) is 8.36. The summed E-state index contributed by atoms with van der Waals surface area (Å²) in [6, 6.07) is 1.12. The Balaban J connectivity index is 2.03. The van der Waals surface area contributed by atoms with Gasteiger partial charge in [-0.3, -0.25) is 9.59 Å². The number of carbonyl (C=O) groups excluding carboxylic acids is 2. The number of ketones is 1. The van der Waals surface area contributed by atoms with E-state index in [1.165, 1.54) is 11.4 Å². The summed E-state index contributed by atoms with van der Waals surface area (Å²) in [5.74, 6) is -1.65. The monoisotopic (exact) mass is 397 g/mol. The Morgan fingerprint density at radius 3 is 2.46 bits per heavy atom. The number of aromatic carboxylic acids is 1. The highest BCUT2D eigenvalue weighted by molar-refractivity contribution is 7.12. The molecule has 1 fully saturated rings. The number of Topliss-reactive ketones (excluding diaryl/α,β-unsaturated/α-hetero) is 1. The van der Waals surface area contributed by atoms with E-state index in [0.717, 1.165) is 11.3 Å². The first-order valence-corrected chi connectivity index (χ1v) is 12.5. The number of hydrogen-bond donors (Lipinski definition) is 2. The van der Waals surface area contributed by atoms with Crippen LogP contribution in [0.3, 0.4) is 0 Å². The zero-order valence-corrected chi connectivity index (χ0v) is 17.9. The number of β-lactam (4-membered cyclic amide) rings is 1. The molecule has 2 N–H and O–H groups in total. The molecule has 6 nitrogen and oxygen atoms in total. The maximum atomic E-state index is 12.4. The summed E-state index contributed by atoms with van der Waals surface area (Å²) < 4.78 is 6.32. The van der Waals surface area contributed by atoms with E-state index >= 15 is 0 Å². The van der Waals surface area contributed by atoms with Crippen LogP contribution in [0.15, 0.2) is 11.4 Å². The number of amides is 1. The molecule has 8 heteroatoms. The van der Waals surface area contributed by atoms with E-state index in [0.29, 0.717) is 4.88 Å². The first-order valence-electron chi connectivity index (χ1n) is 8.66. The predicted molar refractivity (Wildman–Crippen MR) is 103 cm³/mol. The van der Waals surface area contributed by atoms with Gasteiger partial charge in [0, 0.05) is 11.8 Å². The second kappa shape index (κ2) is 7.25. The normalized spacial score (nSPS) is 21.7. The topological polar surface area (TPSA) is 92.7 Å². The van der Waals surface area contributed by atoms with Gasteiger partial charge in [0.05, 0.1) is 28.5 Å². The van der Waals surface area contributed by atoms with Gasteiger partial charge < -0.3 is 14.8 Å². The third kappa shape index (κ3) is 4.24. The van der Waals surface area contributed by atoms with Crippen molar-refractivity contribution in [1.82, 2.24) is 5.32 Å². The van der Waals surface area contributed by atoms with Gasteiger partial charge in [-0.05, 0) is 31.1 Å². The molecule has 1 aromatic heterocycles. The molecule has 1 saturated heterocycles. The number of carboxylic acid groups (broad SMARTS) is 1. The molecule has 144 valence electrons. The number of rotatable bonds is 7. The molecule has 0 bridgehead atoms. The Hall–Kier alpha value is -1.51. The van der Waals surface area contributed by atoms with E-state index in [9.17, 15) is 14.4 Å². The molecule has 2 rings (SSSR count). The Labute approximate surface area is 159 Å². The minimum absolute atomic E-state index is 0.0387. The van der Waals surface area contributed by atoms with E-state index in [2.05, 4.69) is 39.2 Å². The van der Waals surface area contributed by atoms with Gasteiger partial charge in [0.15, 0.2) is 14.1 Å². The van der Waals surface area contributed by atoms with Crippen molar-refractivity contribution < 1.29 is 23.9 Å². The molecule has 0 unspecified atom stereocenters. The van der Waals surface area contributed by atoms with Crippen LogP contribution in [0.1, 0.15) is 54.1 Å². The molecular weight excluding hydrogens is 370 g/mol. The number of carbonyl (C=O) groups is 3. The molecular formula is C18H27NO5SSi. The maximum absolute atomic E-state index is 12.4. The highest BCUT2D eigenvalue weighted by Crippen LogP contribution is 2.39. The third-order valence-electron chi connectivity index (χ3n) is 5.38. The predicted octanol–water partition coefficient (Wildman–Crippen LogP) is 3.54. The number of carboxylic acids is 1. The van der Waals surface area contributed by atoms with E-state index in [1.807, 2.05) is 6.92 Å². The molecule has 0 spiro atoms. The fourth-order valence-electron chi connectivity index (χ4n) is 2.78. The van der Waals surface area contributed by atoms with Gasteiger partial charge >= 0.3 is 5.97 Å². The summed E-state index contributed by atoms with van der Waals surface area (Å²) in [6.45, 7) is 12.6. The summed E-state index contributed by atoms with van der Waals surface area (Å²) in [6.07, 6.45) is -0.110. The van der Waals surface area contributed by atoms with E-state index in [1.54, 1.807) is 0 Å². The van der Waals surface area contributed by atoms with Gasteiger partial charge in [0.25, 0.3) is 0 Å². The molecule has 0 aromatic carbocycles. The molecule has 1 aromatic rings. The Bertz CT molecular complexity index is 721. The lowest BCUT2D eigenvalue weighted by Crippen LogP contribution is -2.64. The molecule has 0 radical (unpaired) electrons. The lowest BCUT2D eigenvalue weighted by atomic mass is 9.83. The minimum atomic E-state index is -2.01. The zero-order chi connectivity index (χ0) is 19.9. The first-order chi connectivity index (χ1) is 11.8. The minimum Gasteiger partial charge on any atom is -0.478 e. The fourth-order valence-corrected chi connectivity index (χ4v) is 5.05. The summed E-state index contributed by atoms with van der Waals surface area (Å²) in [7, 11) is -2.01. The summed E-state index contributed by atoms with van der Waals surface area (Å²) in [4.78, 5) is 35.9.